The van der Waals surface area contributed by atoms with Crippen LogP contribution in [0.25, 0.3) is 0 Å². The lowest BCUT2D eigenvalue weighted by Crippen LogP contribution is -2.28. The smallest absolute Gasteiger partial charge is 0.308 e. The number of esters is 1. The number of carbonyl (C=O) groups excluding carboxylic acids is 1. The number of ether oxygens (including phenoxy) is 2. The average molecular weight is 279 g/mol. The Morgan fingerprint density at radius 1 is 1.30 bits per heavy atom. The van der Waals surface area contributed by atoms with Crippen molar-refractivity contribution in [2.45, 2.75) is 39.2 Å². The maximum absolute atomic E-state index is 11.0. The first kappa shape index (κ1) is 16.5. The summed E-state index contributed by atoms with van der Waals surface area (Å²) in [4.78, 5) is 11.0. The molecule has 1 aromatic carbocycles. The van der Waals surface area contributed by atoms with Crippen molar-refractivity contribution >= 4 is 5.97 Å². The van der Waals surface area contributed by atoms with Crippen LogP contribution in [-0.2, 0) is 16.0 Å². The summed E-state index contributed by atoms with van der Waals surface area (Å²) in [7, 11) is 1.38. The summed E-state index contributed by atoms with van der Waals surface area (Å²) >= 11 is 0. The van der Waals surface area contributed by atoms with Gasteiger partial charge in [0.2, 0.25) is 0 Å². The van der Waals surface area contributed by atoms with Crippen molar-refractivity contribution in [3.05, 3.63) is 29.8 Å². The highest BCUT2D eigenvalue weighted by atomic mass is 16.5. The van der Waals surface area contributed by atoms with Gasteiger partial charge in [-0.1, -0.05) is 19.1 Å². The van der Waals surface area contributed by atoms with Crippen LogP contribution < -0.4 is 10.1 Å². The Morgan fingerprint density at radius 2 is 2.00 bits per heavy atom. The monoisotopic (exact) mass is 279 g/mol. The first-order valence-electron chi connectivity index (χ1n) is 7.17. The molecule has 4 nitrogen and oxygen atoms in total. The average Bonchev–Trinajstić information content (AvgIpc) is 2.46. The summed E-state index contributed by atoms with van der Waals surface area (Å²) < 4.78 is 10.0. The Bertz CT molecular complexity index is 389. The number of nitrogens with one attached hydrogen (secondary N) is 1. The first-order valence-corrected chi connectivity index (χ1v) is 7.17. The molecular formula is C16H25NO3. The highest BCUT2D eigenvalue weighted by Gasteiger charge is 2.04. The van der Waals surface area contributed by atoms with Crippen molar-refractivity contribution in [3.8, 4) is 5.75 Å². The van der Waals surface area contributed by atoms with Crippen LogP contribution in [0.5, 0.6) is 5.75 Å². The van der Waals surface area contributed by atoms with E-state index >= 15 is 0 Å². The van der Waals surface area contributed by atoms with Crippen LogP contribution in [0.15, 0.2) is 24.3 Å². The zero-order chi connectivity index (χ0) is 14.8. The van der Waals surface area contributed by atoms with Crippen LogP contribution in [0.4, 0.5) is 0 Å². The second-order valence-corrected chi connectivity index (χ2v) is 4.88. The van der Waals surface area contributed by atoms with E-state index in [1.54, 1.807) is 0 Å². The van der Waals surface area contributed by atoms with Gasteiger partial charge in [0.05, 0.1) is 20.1 Å². The second kappa shape index (κ2) is 9.37. The van der Waals surface area contributed by atoms with E-state index in [0.29, 0.717) is 12.6 Å². The van der Waals surface area contributed by atoms with Crippen molar-refractivity contribution in [2.24, 2.45) is 0 Å². The number of hydrogen-bond acceptors (Lipinski definition) is 4. The lowest BCUT2D eigenvalue weighted by molar-refractivity contribution is -0.141. The van der Waals surface area contributed by atoms with E-state index in [0.717, 1.165) is 25.1 Å². The van der Waals surface area contributed by atoms with E-state index in [1.807, 2.05) is 12.1 Å². The molecule has 0 heterocycles. The Labute approximate surface area is 121 Å². The van der Waals surface area contributed by atoms with Crippen LogP contribution in [0.2, 0.25) is 0 Å². The molecule has 0 aromatic heterocycles. The van der Waals surface area contributed by atoms with Gasteiger partial charge in [0.25, 0.3) is 0 Å². The summed E-state index contributed by atoms with van der Waals surface area (Å²) in [5, 5.41) is 3.47. The maximum atomic E-state index is 11.0. The first-order chi connectivity index (χ1) is 9.65. The molecule has 1 N–H and O–H groups in total. The molecule has 0 radical (unpaired) electrons. The minimum absolute atomic E-state index is 0.252. The van der Waals surface area contributed by atoms with Gasteiger partial charge in [-0.25, -0.2) is 0 Å². The van der Waals surface area contributed by atoms with Crippen LogP contribution >= 0.6 is 0 Å². The Morgan fingerprint density at radius 3 is 2.60 bits per heavy atom. The van der Waals surface area contributed by atoms with Gasteiger partial charge in [-0.2, -0.15) is 0 Å². The molecule has 4 heteroatoms. The van der Waals surface area contributed by atoms with Crippen molar-refractivity contribution in [3.63, 3.8) is 0 Å². The molecule has 0 aliphatic rings. The second-order valence-electron chi connectivity index (χ2n) is 4.88. The third kappa shape index (κ3) is 6.57. The number of benzene rings is 1. The van der Waals surface area contributed by atoms with Gasteiger partial charge < -0.3 is 14.8 Å². The number of rotatable bonds is 9. The molecule has 0 fully saturated rings. The van der Waals surface area contributed by atoms with Crippen LogP contribution in [0, 0.1) is 0 Å². The molecule has 0 aliphatic heterocycles. The highest BCUT2D eigenvalue weighted by Crippen LogP contribution is 2.13. The van der Waals surface area contributed by atoms with Gasteiger partial charge in [-0.05, 0) is 44.0 Å². The topological polar surface area (TPSA) is 47.6 Å². The fourth-order valence-corrected chi connectivity index (χ4v) is 1.89. The van der Waals surface area contributed by atoms with Crippen molar-refractivity contribution in [1.29, 1.82) is 0 Å². The minimum Gasteiger partial charge on any atom is -0.493 e. The number of carbonyl (C=O) groups is 1. The third-order valence-electron chi connectivity index (χ3n) is 3.01. The van der Waals surface area contributed by atoms with Gasteiger partial charge >= 0.3 is 5.97 Å². The molecule has 20 heavy (non-hydrogen) atoms. The van der Waals surface area contributed by atoms with Gasteiger partial charge in [-0.15, -0.1) is 0 Å². The largest absolute Gasteiger partial charge is 0.493 e. The lowest BCUT2D eigenvalue weighted by atomic mass is 10.1. The molecular weight excluding hydrogens is 254 g/mol. The molecule has 0 bridgehead atoms. The Hall–Kier alpha value is -1.55. The summed E-state index contributed by atoms with van der Waals surface area (Å²) in [5.74, 6) is 0.532. The maximum Gasteiger partial charge on any atom is 0.308 e. The van der Waals surface area contributed by atoms with E-state index in [4.69, 9.17) is 4.74 Å². The molecule has 1 rings (SSSR count). The van der Waals surface area contributed by atoms with Gasteiger partial charge in [0.1, 0.15) is 5.75 Å². The standard InChI is InChI=1S/C16H25NO3/c1-4-10-17-13(2)12-14-5-7-15(8-6-14)20-11-9-16(18)19-3/h5-8,13,17H,4,9-12H2,1-3H3. The van der Waals surface area contributed by atoms with Crippen molar-refractivity contribution in [2.75, 3.05) is 20.3 Å². The SMILES string of the molecule is CCCNC(C)Cc1ccc(OCCC(=O)OC)cc1. The summed E-state index contributed by atoms with van der Waals surface area (Å²) in [5.41, 5.74) is 1.28. The van der Waals surface area contributed by atoms with E-state index in [1.165, 1.54) is 12.7 Å². The quantitative estimate of drug-likeness (QED) is 0.706. The predicted molar refractivity (Wildman–Crippen MR) is 80.0 cm³/mol. The van der Waals surface area contributed by atoms with Crippen LogP contribution in [0.3, 0.4) is 0 Å². The molecule has 0 aliphatic carbocycles. The summed E-state index contributed by atoms with van der Waals surface area (Å²) in [6.45, 7) is 5.76. The number of hydrogen-bond donors (Lipinski definition) is 1. The Balaban J connectivity index is 2.34. The predicted octanol–water partition coefficient (Wildman–Crippen LogP) is 2.56. The normalized spacial score (nSPS) is 11.9. The Kier molecular flexibility index (Phi) is 7.73. The third-order valence-corrected chi connectivity index (χ3v) is 3.01. The van der Waals surface area contributed by atoms with Gasteiger partial charge in [0, 0.05) is 6.04 Å². The zero-order valence-electron chi connectivity index (χ0n) is 12.6. The molecule has 0 spiro atoms. The highest BCUT2D eigenvalue weighted by molar-refractivity contribution is 5.69. The molecule has 1 atom stereocenters. The lowest BCUT2D eigenvalue weighted by Gasteiger charge is -2.13. The molecule has 1 unspecified atom stereocenters. The van der Waals surface area contributed by atoms with E-state index in [9.17, 15) is 4.79 Å². The molecule has 0 saturated carbocycles. The summed E-state index contributed by atoms with van der Waals surface area (Å²) in [6.07, 6.45) is 2.43. The fraction of sp³-hybridized carbons (Fsp3) is 0.562. The fourth-order valence-electron chi connectivity index (χ4n) is 1.89. The minimum atomic E-state index is -0.252. The van der Waals surface area contributed by atoms with Crippen LogP contribution in [0.1, 0.15) is 32.3 Å². The number of methoxy groups -OCH3 is 1. The molecule has 0 saturated heterocycles. The van der Waals surface area contributed by atoms with Crippen molar-refractivity contribution in [1.82, 2.24) is 5.32 Å². The van der Waals surface area contributed by atoms with Gasteiger partial charge in [0.15, 0.2) is 0 Å². The molecule has 1 aromatic rings. The van der Waals surface area contributed by atoms with Gasteiger partial charge in [-0.3, -0.25) is 4.79 Å². The van der Waals surface area contributed by atoms with Crippen LogP contribution in [-0.4, -0.2) is 32.3 Å². The van der Waals surface area contributed by atoms with E-state index in [-0.39, 0.29) is 12.4 Å². The summed E-state index contributed by atoms with van der Waals surface area (Å²) in [6, 6.07) is 8.49. The zero-order valence-corrected chi connectivity index (χ0v) is 12.6. The van der Waals surface area contributed by atoms with Crippen molar-refractivity contribution < 1.29 is 14.3 Å². The van der Waals surface area contributed by atoms with E-state index in [2.05, 4.69) is 36.0 Å². The van der Waals surface area contributed by atoms with E-state index < -0.39 is 0 Å². The molecule has 0 amide bonds. The molecule has 112 valence electrons.